The van der Waals surface area contributed by atoms with Crippen LogP contribution in [0.15, 0.2) is 0 Å². The highest BCUT2D eigenvalue weighted by molar-refractivity contribution is 6.74. The SMILES string of the molecule is CCOC(=O)CC[C@@H](C)[C@H](O[Si](C)(C)C(C)(C)C)[C@H](C)C[C@@H](C)[C@@H]1OC(C)(C)O[C@@H](CC)[C@H]1C. The zero-order valence-corrected chi connectivity index (χ0v) is 25.6. The Morgan fingerprint density at radius 2 is 1.65 bits per heavy atom. The highest BCUT2D eigenvalue weighted by atomic mass is 28.4. The van der Waals surface area contributed by atoms with Crippen molar-refractivity contribution in [1.29, 1.82) is 0 Å². The van der Waals surface area contributed by atoms with Crippen LogP contribution in [0.4, 0.5) is 0 Å². The molecule has 5 nitrogen and oxygen atoms in total. The first-order valence-corrected chi connectivity index (χ1v) is 16.6. The van der Waals surface area contributed by atoms with Gasteiger partial charge in [0.2, 0.25) is 0 Å². The molecule has 0 aliphatic carbocycles. The van der Waals surface area contributed by atoms with Crippen molar-refractivity contribution in [1.82, 2.24) is 0 Å². The molecule has 0 bridgehead atoms. The van der Waals surface area contributed by atoms with Gasteiger partial charge in [0.05, 0.1) is 24.9 Å². The smallest absolute Gasteiger partial charge is 0.305 e. The van der Waals surface area contributed by atoms with Crippen molar-refractivity contribution >= 4 is 14.3 Å². The molecule has 0 N–H and O–H groups in total. The molecule has 1 aliphatic rings. The Kier molecular flexibility index (Phi) is 11.8. The van der Waals surface area contributed by atoms with Crippen LogP contribution in [-0.2, 0) is 23.4 Å². The maximum absolute atomic E-state index is 12.0. The van der Waals surface area contributed by atoms with Crippen molar-refractivity contribution in [3.63, 3.8) is 0 Å². The van der Waals surface area contributed by atoms with E-state index in [1.807, 2.05) is 20.8 Å². The first-order valence-electron chi connectivity index (χ1n) is 13.6. The van der Waals surface area contributed by atoms with E-state index >= 15 is 0 Å². The molecule has 0 aromatic heterocycles. The Morgan fingerprint density at radius 1 is 1.06 bits per heavy atom. The van der Waals surface area contributed by atoms with Gasteiger partial charge >= 0.3 is 5.97 Å². The van der Waals surface area contributed by atoms with Gasteiger partial charge in [0.25, 0.3) is 0 Å². The molecule has 202 valence electrons. The number of ether oxygens (including phenoxy) is 3. The predicted octanol–water partition coefficient (Wildman–Crippen LogP) is 7.58. The molecule has 0 aromatic rings. The average Bonchev–Trinajstić information content (AvgIpc) is 2.70. The lowest BCUT2D eigenvalue weighted by Gasteiger charge is -2.48. The fourth-order valence-electron chi connectivity index (χ4n) is 5.14. The molecular weight excluding hydrogens is 444 g/mol. The molecule has 1 heterocycles. The summed E-state index contributed by atoms with van der Waals surface area (Å²) in [6.07, 6.45) is 3.71. The second kappa shape index (κ2) is 12.7. The molecule has 0 aromatic carbocycles. The molecule has 0 radical (unpaired) electrons. The molecule has 1 fully saturated rings. The number of carbonyl (C=O) groups is 1. The number of carbonyl (C=O) groups excluding carboxylic acids is 1. The summed E-state index contributed by atoms with van der Waals surface area (Å²) in [5, 5.41) is 0.133. The summed E-state index contributed by atoms with van der Waals surface area (Å²) in [4.78, 5) is 12.0. The van der Waals surface area contributed by atoms with Crippen molar-refractivity contribution < 1.29 is 23.4 Å². The van der Waals surface area contributed by atoms with Gasteiger partial charge in [-0.1, -0.05) is 55.4 Å². The van der Waals surface area contributed by atoms with Gasteiger partial charge in [0, 0.05) is 12.3 Å². The normalized spacial score (nSPS) is 27.0. The molecule has 0 saturated carbocycles. The lowest BCUT2D eigenvalue weighted by atomic mass is 9.79. The molecule has 1 aliphatic heterocycles. The summed E-state index contributed by atoms with van der Waals surface area (Å²) in [6, 6.07) is 0. The standard InChI is InChI=1S/C28H56O5Si/c1-14-23-22(6)26(32-28(10,11)31-23)21(5)18-20(4)25(33-34(12,13)27(7,8)9)19(3)16-17-24(29)30-15-2/h19-23,25-26H,14-18H2,1-13H3/t19-,20-,21-,22-,23+,25+,26+/m1/s1. The molecule has 0 unspecified atom stereocenters. The van der Waals surface area contributed by atoms with Gasteiger partial charge in [-0.3, -0.25) is 4.79 Å². The van der Waals surface area contributed by atoms with Crippen molar-refractivity contribution in [3.8, 4) is 0 Å². The van der Waals surface area contributed by atoms with Crippen LogP contribution >= 0.6 is 0 Å². The summed E-state index contributed by atoms with van der Waals surface area (Å²) >= 11 is 0. The second-order valence-electron chi connectivity index (χ2n) is 12.8. The molecule has 0 spiro atoms. The molecule has 1 saturated heterocycles. The summed E-state index contributed by atoms with van der Waals surface area (Å²) in [7, 11) is -1.98. The number of hydrogen-bond donors (Lipinski definition) is 0. The fraction of sp³-hybridized carbons (Fsp3) is 0.964. The maximum atomic E-state index is 12.0. The van der Waals surface area contributed by atoms with E-state index in [-0.39, 0.29) is 35.2 Å². The van der Waals surface area contributed by atoms with E-state index < -0.39 is 14.1 Å². The van der Waals surface area contributed by atoms with E-state index in [0.717, 1.165) is 19.3 Å². The van der Waals surface area contributed by atoms with Crippen molar-refractivity contribution in [3.05, 3.63) is 0 Å². The Balaban J connectivity index is 3.04. The van der Waals surface area contributed by atoms with Crippen molar-refractivity contribution in [2.45, 2.75) is 144 Å². The second-order valence-corrected chi connectivity index (χ2v) is 17.5. The lowest BCUT2D eigenvalue weighted by Crippen LogP contribution is -2.52. The Labute approximate surface area is 212 Å². The van der Waals surface area contributed by atoms with E-state index in [1.165, 1.54) is 0 Å². The van der Waals surface area contributed by atoms with Crippen molar-refractivity contribution in [2.75, 3.05) is 6.61 Å². The zero-order chi connectivity index (χ0) is 26.5. The van der Waals surface area contributed by atoms with Crippen LogP contribution < -0.4 is 0 Å². The number of hydrogen-bond acceptors (Lipinski definition) is 5. The Bertz CT molecular complexity index is 627. The number of esters is 1. The highest BCUT2D eigenvalue weighted by Crippen LogP contribution is 2.42. The third-order valence-corrected chi connectivity index (χ3v) is 12.6. The molecule has 34 heavy (non-hydrogen) atoms. The predicted molar refractivity (Wildman–Crippen MR) is 143 cm³/mol. The molecule has 0 amide bonds. The minimum atomic E-state index is -1.98. The Morgan fingerprint density at radius 3 is 2.15 bits per heavy atom. The van der Waals surface area contributed by atoms with Crippen LogP contribution in [0.1, 0.15) is 102 Å². The molecular formula is C28H56O5Si. The van der Waals surface area contributed by atoms with E-state index in [1.54, 1.807) is 0 Å². The largest absolute Gasteiger partial charge is 0.466 e. The van der Waals surface area contributed by atoms with Gasteiger partial charge in [-0.2, -0.15) is 0 Å². The van der Waals surface area contributed by atoms with Crippen LogP contribution in [0, 0.1) is 23.7 Å². The third-order valence-electron chi connectivity index (χ3n) is 8.13. The molecule has 1 rings (SSSR count). The topological polar surface area (TPSA) is 54.0 Å². The molecule has 6 heteroatoms. The Hall–Kier alpha value is -0.433. The third kappa shape index (κ3) is 8.90. The average molecular weight is 501 g/mol. The van der Waals surface area contributed by atoms with Crippen LogP contribution in [0.2, 0.25) is 18.1 Å². The summed E-state index contributed by atoms with van der Waals surface area (Å²) in [6.45, 7) is 29.2. The van der Waals surface area contributed by atoms with Crippen LogP contribution in [0.3, 0.4) is 0 Å². The van der Waals surface area contributed by atoms with Crippen LogP contribution in [0.25, 0.3) is 0 Å². The van der Waals surface area contributed by atoms with Crippen molar-refractivity contribution in [2.24, 2.45) is 23.7 Å². The summed E-state index contributed by atoms with van der Waals surface area (Å²) in [5.41, 5.74) is 0. The van der Waals surface area contributed by atoms with Gasteiger partial charge in [-0.25, -0.2) is 0 Å². The minimum absolute atomic E-state index is 0.0999. The quantitative estimate of drug-likeness (QED) is 0.204. The van der Waals surface area contributed by atoms with Crippen LogP contribution in [0.5, 0.6) is 0 Å². The van der Waals surface area contributed by atoms with Gasteiger partial charge in [0.1, 0.15) is 0 Å². The summed E-state index contributed by atoms with van der Waals surface area (Å²) in [5.74, 6) is 0.681. The fourth-order valence-corrected chi connectivity index (χ4v) is 6.64. The number of rotatable bonds is 12. The van der Waals surface area contributed by atoms with Gasteiger partial charge in [-0.05, 0) is 75.9 Å². The zero-order valence-electron chi connectivity index (χ0n) is 24.6. The van der Waals surface area contributed by atoms with Gasteiger partial charge < -0.3 is 18.6 Å². The van der Waals surface area contributed by atoms with E-state index in [2.05, 4.69) is 68.5 Å². The van der Waals surface area contributed by atoms with Gasteiger partial charge in [0.15, 0.2) is 14.1 Å². The maximum Gasteiger partial charge on any atom is 0.305 e. The van der Waals surface area contributed by atoms with E-state index in [4.69, 9.17) is 18.6 Å². The minimum Gasteiger partial charge on any atom is -0.466 e. The first-order chi connectivity index (χ1) is 15.5. The monoisotopic (exact) mass is 500 g/mol. The van der Waals surface area contributed by atoms with Gasteiger partial charge in [-0.15, -0.1) is 0 Å². The van der Waals surface area contributed by atoms with E-state index in [0.29, 0.717) is 30.8 Å². The summed E-state index contributed by atoms with van der Waals surface area (Å²) < 4.78 is 24.9. The lowest BCUT2D eigenvalue weighted by molar-refractivity contribution is -0.327. The van der Waals surface area contributed by atoms with Crippen LogP contribution in [-0.4, -0.2) is 45.0 Å². The molecule has 7 atom stereocenters. The van der Waals surface area contributed by atoms with E-state index in [9.17, 15) is 4.79 Å². The first kappa shape index (κ1) is 31.6. The highest BCUT2D eigenvalue weighted by Gasteiger charge is 2.45.